The molecule has 0 atom stereocenters. The van der Waals surface area contributed by atoms with Gasteiger partial charge in [0.05, 0.1) is 0 Å². The summed E-state index contributed by atoms with van der Waals surface area (Å²) in [6, 6.07) is 15.4. The SMILES string of the molecule is O=C(/C=C/C(=O)Oc1ccccc1C1CCCCC1)Oc1ccccc1C1CCCCC1. The highest BCUT2D eigenvalue weighted by atomic mass is 16.5. The van der Waals surface area contributed by atoms with Gasteiger partial charge in [-0.05, 0) is 60.8 Å². The lowest BCUT2D eigenvalue weighted by Gasteiger charge is -2.23. The van der Waals surface area contributed by atoms with Crippen LogP contribution in [0.5, 0.6) is 11.5 Å². The number of hydrogen-bond acceptors (Lipinski definition) is 4. The van der Waals surface area contributed by atoms with Crippen molar-refractivity contribution < 1.29 is 19.1 Å². The number of ether oxygens (including phenoxy) is 2. The summed E-state index contributed by atoms with van der Waals surface area (Å²) < 4.78 is 11.2. The predicted molar refractivity (Wildman–Crippen MR) is 125 cm³/mol. The minimum Gasteiger partial charge on any atom is -0.423 e. The van der Waals surface area contributed by atoms with Gasteiger partial charge >= 0.3 is 11.9 Å². The first-order valence-electron chi connectivity index (χ1n) is 12.0. The molecular formula is C28H32O4. The number of carbonyl (C=O) groups is 2. The van der Waals surface area contributed by atoms with E-state index in [9.17, 15) is 9.59 Å². The van der Waals surface area contributed by atoms with Crippen molar-refractivity contribution in [1.82, 2.24) is 0 Å². The summed E-state index contributed by atoms with van der Waals surface area (Å²) in [5.74, 6) is 0.905. The molecule has 4 rings (SSSR count). The van der Waals surface area contributed by atoms with Gasteiger partial charge in [0.1, 0.15) is 11.5 Å². The molecule has 0 bridgehead atoms. The van der Waals surface area contributed by atoms with Crippen LogP contribution in [0.15, 0.2) is 60.7 Å². The number of esters is 2. The lowest BCUT2D eigenvalue weighted by Crippen LogP contribution is -2.12. The van der Waals surface area contributed by atoms with Crippen molar-refractivity contribution in [3.05, 3.63) is 71.8 Å². The molecule has 2 saturated carbocycles. The van der Waals surface area contributed by atoms with Crippen LogP contribution in [-0.4, -0.2) is 11.9 Å². The molecule has 0 radical (unpaired) electrons. The zero-order chi connectivity index (χ0) is 22.2. The van der Waals surface area contributed by atoms with Crippen LogP contribution >= 0.6 is 0 Å². The summed E-state index contributed by atoms with van der Waals surface area (Å²) in [7, 11) is 0. The number of benzene rings is 2. The summed E-state index contributed by atoms with van der Waals surface area (Å²) in [6.07, 6.45) is 14.2. The van der Waals surface area contributed by atoms with E-state index in [1.54, 1.807) is 0 Å². The van der Waals surface area contributed by atoms with Crippen LogP contribution in [0, 0.1) is 0 Å². The Morgan fingerprint density at radius 1 is 0.594 bits per heavy atom. The Labute approximate surface area is 190 Å². The minimum atomic E-state index is -0.564. The fourth-order valence-corrected chi connectivity index (χ4v) is 5.07. The normalized spacial score (nSPS) is 17.9. The van der Waals surface area contributed by atoms with Gasteiger partial charge in [-0.1, -0.05) is 74.9 Å². The number of rotatable bonds is 6. The van der Waals surface area contributed by atoms with Gasteiger partial charge in [-0.3, -0.25) is 0 Å². The van der Waals surface area contributed by atoms with Gasteiger partial charge in [0, 0.05) is 12.2 Å². The van der Waals surface area contributed by atoms with Crippen molar-refractivity contribution in [2.24, 2.45) is 0 Å². The van der Waals surface area contributed by atoms with E-state index < -0.39 is 11.9 Å². The molecule has 0 unspecified atom stereocenters. The second-order valence-corrected chi connectivity index (χ2v) is 8.92. The van der Waals surface area contributed by atoms with Gasteiger partial charge in [0.25, 0.3) is 0 Å². The molecule has 0 saturated heterocycles. The van der Waals surface area contributed by atoms with E-state index in [-0.39, 0.29) is 0 Å². The average Bonchev–Trinajstić information content (AvgIpc) is 2.84. The Kier molecular flexibility index (Phi) is 7.76. The van der Waals surface area contributed by atoms with Gasteiger partial charge in [-0.25, -0.2) is 9.59 Å². The van der Waals surface area contributed by atoms with Crippen LogP contribution in [0.3, 0.4) is 0 Å². The van der Waals surface area contributed by atoms with Crippen molar-refractivity contribution in [2.45, 2.75) is 76.0 Å². The monoisotopic (exact) mass is 432 g/mol. The highest BCUT2D eigenvalue weighted by molar-refractivity contribution is 5.93. The molecule has 0 amide bonds. The van der Waals surface area contributed by atoms with E-state index >= 15 is 0 Å². The standard InChI is InChI=1S/C28H32O4/c29-27(31-25-17-9-7-15-23(25)21-11-3-1-4-12-21)19-20-28(30)32-26-18-10-8-16-24(26)22-13-5-2-6-14-22/h7-10,15-22H,1-6,11-14H2/b20-19+. The molecule has 4 heteroatoms. The highest BCUT2D eigenvalue weighted by Gasteiger charge is 2.21. The first kappa shape index (κ1) is 22.3. The lowest BCUT2D eigenvalue weighted by atomic mass is 9.84. The molecule has 0 spiro atoms. The summed E-state index contributed by atoms with van der Waals surface area (Å²) in [5, 5.41) is 0. The quantitative estimate of drug-likeness (QED) is 0.285. The number of para-hydroxylation sites is 2. The van der Waals surface area contributed by atoms with Gasteiger partial charge < -0.3 is 9.47 Å². The van der Waals surface area contributed by atoms with E-state index in [1.165, 1.54) is 38.5 Å². The minimum absolute atomic E-state index is 0.429. The maximum Gasteiger partial charge on any atom is 0.336 e. The predicted octanol–water partition coefficient (Wildman–Crippen LogP) is 6.85. The third kappa shape index (κ3) is 5.87. The van der Waals surface area contributed by atoms with Crippen molar-refractivity contribution in [2.75, 3.05) is 0 Å². The first-order valence-corrected chi connectivity index (χ1v) is 12.0. The highest BCUT2D eigenvalue weighted by Crippen LogP contribution is 2.38. The maximum absolute atomic E-state index is 12.4. The van der Waals surface area contributed by atoms with Crippen LogP contribution in [-0.2, 0) is 9.59 Å². The molecule has 2 aromatic carbocycles. The molecule has 2 aliphatic carbocycles. The average molecular weight is 433 g/mol. The van der Waals surface area contributed by atoms with Crippen LogP contribution in [0.25, 0.3) is 0 Å². The van der Waals surface area contributed by atoms with E-state index in [0.717, 1.165) is 49.0 Å². The van der Waals surface area contributed by atoms with Crippen LogP contribution in [0.4, 0.5) is 0 Å². The van der Waals surface area contributed by atoms with E-state index in [0.29, 0.717) is 23.3 Å². The molecule has 0 aromatic heterocycles. The zero-order valence-electron chi connectivity index (χ0n) is 18.6. The molecule has 32 heavy (non-hydrogen) atoms. The van der Waals surface area contributed by atoms with E-state index in [1.807, 2.05) is 48.5 Å². The van der Waals surface area contributed by atoms with Gasteiger partial charge in [0.15, 0.2) is 0 Å². The lowest BCUT2D eigenvalue weighted by molar-refractivity contribution is -0.131. The van der Waals surface area contributed by atoms with Crippen LogP contribution in [0.1, 0.15) is 87.2 Å². The molecule has 168 valence electrons. The Morgan fingerprint density at radius 3 is 1.38 bits per heavy atom. The smallest absolute Gasteiger partial charge is 0.336 e. The van der Waals surface area contributed by atoms with Crippen molar-refractivity contribution in [3.8, 4) is 11.5 Å². The van der Waals surface area contributed by atoms with Gasteiger partial charge in [-0.2, -0.15) is 0 Å². The molecule has 2 fully saturated rings. The third-order valence-electron chi connectivity index (χ3n) is 6.70. The largest absolute Gasteiger partial charge is 0.423 e. The van der Waals surface area contributed by atoms with E-state index in [2.05, 4.69) is 0 Å². The summed E-state index contributed by atoms with van der Waals surface area (Å²) >= 11 is 0. The van der Waals surface area contributed by atoms with Gasteiger partial charge in [-0.15, -0.1) is 0 Å². The maximum atomic E-state index is 12.4. The van der Waals surface area contributed by atoms with Crippen LogP contribution in [0.2, 0.25) is 0 Å². The molecular weight excluding hydrogens is 400 g/mol. The number of carbonyl (C=O) groups excluding carboxylic acids is 2. The first-order chi connectivity index (χ1) is 15.7. The summed E-state index contributed by atoms with van der Waals surface area (Å²) in [6.45, 7) is 0. The van der Waals surface area contributed by atoms with Crippen molar-refractivity contribution >= 4 is 11.9 Å². The second kappa shape index (κ2) is 11.1. The van der Waals surface area contributed by atoms with Crippen LogP contribution < -0.4 is 9.47 Å². The molecule has 0 heterocycles. The van der Waals surface area contributed by atoms with E-state index in [4.69, 9.17) is 9.47 Å². The Morgan fingerprint density at radius 2 is 0.969 bits per heavy atom. The molecule has 2 aromatic rings. The zero-order valence-corrected chi connectivity index (χ0v) is 18.6. The topological polar surface area (TPSA) is 52.6 Å². The van der Waals surface area contributed by atoms with Gasteiger partial charge in [0.2, 0.25) is 0 Å². The molecule has 2 aliphatic rings. The Bertz CT molecular complexity index is 872. The Hall–Kier alpha value is -2.88. The molecule has 0 aliphatic heterocycles. The Balaban J connectivity index is 1.37. The fourth-order valence-electron chi connectivity index (χ4n) is 5.07. The van der Waals surface area contributed by atoms with Crippen molar-refractivity contribution in [1.29, 1.82) is 0 Å². The summed E-state index contributed by atoms with van der Waals surface area (Å²) in [5.41, 5.74) is 2.16. The summed E-state index contributed by atoms with van der Waals surface area (Å²) in [4.78, 5) is 24.8. The second-order valence-electron chi connectivity index (χ2n) is 8.92. The van der Waals surface area contributed by atoms with Crippen molar-refractivity contribution in [3.63, 3.8) is 0 Å². The number of hydrogen-bond donors (Lipinski definition) is 0. The molecule has 4 nitrogen and oxygen atoms in total. The third-order valence-corrected chi connectivity index (χ3v) is 6.70. The fraction of sp³-hybridized carbons (Fsp3) is 0.429. The molecule has 0 N–H and O–H groups in total.